The summed E-state index contributed by atoms with van der Waals surface area (Å²) in [5.41, 5.74) is 1.57. The Balaban J connectivity index is 1.53. The molecule has 0 aliphatic heterocycles. The summed E-state index contributed by atoms with van der Waals surface area (Å²) >= 11 is 3.63. The van der Waals surface area contributed by atoms with Gasteiger partial charge in [-0.2, -0.15) is 0 Å². The van der Waals surface area contributed by atoms with Gasteiger partial charge in [-0.1, -0.05) is 22.9 Å². The summed E-state index contributed by atoms with van der Waals surface area (Å²) in [5, 5.41) is 3.98. The van der Waals surface area contributed by atoms with Crippen LogP contribution in [0.1, 0.15) is 57.4 Å². The van der Waals surface area contributed by atoms with Gasteiger partial charge in [0.1, 0.15) is 0 Å². The van der Waals surface area contributed by atoms with Crippen LogP contribution in [0.3, 0.4) is 0 Å². The number of benzene rings is 1. The van der Waals surface area contributed by atoms with Crippen LogP contribution in [0, 0.1) is 17.8 Å². The fraction of sp³-hybridized carbons (Fsp3) is 0.714. The normalized spacial score (nSPS) is 32.8. The van der Waals surface area contributed by atoms with Gasteiger partial charge in [0.05, 0.1) is 13.7 Å². The minimum atomic E-state index is 0.367. The lowest BCUT2D eigenvalue weighted by Crippen LogP contribution is -2.58. The third-order valence-electron chi connectivity index (χ3n) is 6.46. The van der Waals surface area contributed by atoms with Crippen molar-refractivity contribution < 1.29 is 9.47 Å². The highest BCUT2D eigenvalue weighted by Crippen LogP contribution is 2.55. The maximum atomic E-state index is 6.05. The molecule has 0 spiro atoms. The maximum absolute atomic E-state index is 6.05. The van der Waals surface area contributed by atoms with Crippen molar-refractivity contribution >= 4 is 15.9 Å². The Morgan fingerprint density at radius 2 is 1.76 bits per heavy atom. The van der Waals surface area contributed by atoms with E-state index < -0.39 is 0 Å². The summed E-state index contributed by atoms with van der Waals surface area (Å²) in [6.07, 6.45) is 9.56. The number of hydrogen-bond acceptors (Lipinski definition) is 3. The molecule has 0 radical (unpaired) electrons. The lowest BCUT2D eigenvalue weighted by molar-refractivity contribution is -0.0206. The number of ether oxygens (including phenoxy) is 2. The van der Waals surface area contributed by atoms with E-state index in [0.29, 0.717) is 5.54 Å². The Kier molecular flexibility index (Phi) is 5.02. The quantitative estimate of drug-likeness (QED) is 0.664. The second-order valence-electron chi connectivity index (χ2n) is 8.50. The predicted octanol–water partition coefficient (Wildman–Crippen LogP) is 5.30. The van der Waals surface area contributed by atoms with Crippen molar-refractivity contribution in [2.75, 3.05) is 13.7 Å². The first-order chi connectivity index (χ1) is 12.1. The molecule has 0 amide bonds. The zero-order valence-corrected chi connectivity index (χ0v) is 17.0. The highest BCUT2D eigenvalue weighted by Gasteiger charge is 2.50. The van der Waals surface area contributed by atoms with E-state index in [2.05, 4.69) is 34.2 Å². The predicted molar refractivity (Wildman–Crippen MR) is 104 cm³/mol. The van der Waals surface area contributed by atoms with Gasteiger partial charge < -0.3 is 14.8 Å². The number of rotatable bonds is 7. The van der Waals surface area contributed by atoms with Gasteiger partial charge >= 0.3 is 0 Å². The number of nitrogens with one attached hydrogen (secondary N) is 1. The molecule has 0 heterocycles. The monoisotopic (exact) mass is 407 g/mol. The van der Waals surface area contributed by atoms with Gasteiger partial charge in [-0.15, -0.1) is 0 Å². The molecule has 0 unspecified atom stereocenters. The molecule has 4 bridgehead atoms. The Morgan fingerprint density at radius 1 is 1.12 bits per heavy atom. The standard InChI is InChI=1S/C21H30BrNO2/c1-3-4-25-20-17(8-18(22)9-19(20)24-2)13-23-21-10-14-5-15(11-21)7-16(6-14)12-21/h8-9,14-16,23H,3-7,10-13H2,1-2H3. The van der Waals surface area contributed by atoms with Gasteiger partial charge in [-0.3, -0.25) is 0 Å². The minimum absolute atomic E-state index is 0.367. The maximum Gasteiger partial charge on any atom is 0.165 e. The Labute approximate surface area is 160 Å². The minimum Gasteiger partial charge on any atom is -0.493 e. The van der Waals surface area contributed by atoms with Crippen molar-refractivity contribution in [1.82, 2.24) is 5.32 Å². The van der Waals surface area contributed by atoms with Crippen molar-refractivity contribution in [3.8, 4) is 11.5 Å². The van der Waals surface area contributed by atoms with E-state index in [0.717, 1.165) is 53.3 Å². The molecule has 0 atom stereocenters. The Morgan fingerprint density at radius 3 is 2.32 bits per heavy atom. The number of halogens is 1. The van der Waals surface area contributed by atoms with E-state index in [9.17, 15) is 0 Å². The average molecular weight is 408 g/mol. The molecule has 0 aromatic heterocycles. The highest BCUT2D eigenvalue weighted by atomic mass is 79.9. The second kappa shape index (κ2) is 7.11. The van der Waals surface area contributed by atoms with E-state index in [4.69, 9.17) is 9.47 Å². The van der Waals surface area contributed by atoms with Crippen LogP contribution < -0.4 is 14.8 Å². The average Bonchev–Trinajstić information content (AvgIpc) is 2.57. The summed E-state index contributed by atoms with van der Waals surface area (Å²) in [6.45, 7) is 3.72. The van der Waals surface area contributed by atoms with Crippen LogP contribution in [-0.2, 0) is 6.54 Å². The Hall–Kier alpha value is -0.740. The van der Waals surface area contributed by atoms with Gasteiger partial charge in [0.25, 0.3) is 0 Å². The summed E-state index contributed by atoms with van der Waals surface area (Å²) in [6, 6.07) is 4.18. The Bertz CT molecular complexity index is 595. The van der Waals surface area contributed by atoms with Crippen LogP contribution >= 0.6 is 15.9 Å². The lowest BCUT2D eigenvalue weighted by Gasteiger charge is -2.57. The molecule has 5 rings (SSSR count). The topological polar surface area (TPSA) is 30.5 Å². The molecule has 4 fully saturated rings. The molecule has 4 aliphatic carbocycles. The molecule has 1 aromatic carbocycles. The van der Waals surface area contributed by atoms with E-state index in [1.807, 2.05) is 6.07 Å². The van der Waals surface area contributed by atoms with E-state index in [1.165, 1.54) is 44.1 Å². The van der Waals surface area contributed by atoms with Crippen molar-refractivity contribution in [2.45, 2.75) is 64.0 Å². The van der Waals surface area contributed by atoms with Crippen molar-refractivity contribution in [1.29, 1.82) is 0 Å². The van der Waals surface area contributed by atoms with Crippen LogP contribution in [0.4, 0.5) is 0 Å². The fourth-order valence-corrected chi connectivity index (χ4v) is 6.37. The number of hydrogen-bond donors (Lipinski definition) is 1. The first-order valence-corrected chi connectivity index (χ1v) is 10.6. The van der Waals surface area contributed by atoms with Gasteiger partial charge in [0.2, 0.25) is 0 Å². The SMILES string of the molecule is CCCOc1c(CNC23CC4CC(CC(C4)C2)C3)cc(Br)cc1OC. The summed E-state index contributed by atoms with van der Waals surface area (Å²) in [4.78, 5) is 0. The third-order valence-corrected chi connectivity index (χ3v) is 6.92. The molecular formula is C21H30BrNO2. The van der Waals surface area contributed by atoms with Crippen LogP contribution in [-0.4, -0.2) is 19.3 Å². The van der Waals surface area contributed by atoms with E-state index in [1.54, 1.807) is 7.11 Å². The molecule has 138 valence electrons. The van der Waals surface area contributed by atoms with Crippen LogP contribution in [0.25, 0.3) is 0 Å². The van der Waals surface area contributed by atoms with Crippen LogP contribution in [0.5, 0.6) is 11.5 Å². The van der Waals surface area contributed by atoms with Gasteiger partial charge in [0.15, 0.2) is 11.5 Å². The second-order valence-corrected chi connectivity index (χ2v) is 9.41. The molecule has 25 heavy (non-hydrogen) atoms. The smallest absolute Gasteiger partial charge is 0.165 e. The van der Waals surface area contributed by atoms with E-state index >= 15 is 0 Å². The lowest BCUT2D eigenvalue weighted by atomic mass is 9.53. The summed E-state index contributed by atoms with van der Waals surface area (Å²) < 4.78 is 12.7. The van der Waals surface area contributed by atoms with Crippen LogP contribution in [0.15, 0.2) is 16.6 Å². The molecule has 1 aromatic rings. The van der Waals surface area contributed by atoms with Gasteiger partial charge in [-0.05, 0) is 74.8 Å². The first-order valence-electron chi connectivity index (χ1n) is 9.85. The summed E-state index contributed by atoms with van der Waals surface area (Å²) in [5.74, 6) is 4.62. The largest absolute Gasteiger partial charge is 0.493 e. The molecule has 1 N–H and O–H groups in total. The van der Waals surface area contributed by atoms with Gasteiger partial charge in [-0.25, -0.2) is 0 Å². The zero-order chi connectivity index (χ0) is 17.4. The molecule has 0 saturated heterocycles. The highest BCUT2D eigenvalue weighted by molar-refractivity contribution is 9.10. The van der Waals surface area contributed by atoms with Gasteiger partial charge in [0, 0.05) is 22.1 Å². The van der Waals surface area contributed by atoms with E-state index in [-0.39, 0.29) is 0 Å². The number of methoxy groups -OCH3 is 1. The molecular weight excluding hydrogens is 378 g/mol. The molecule has 4 aliphatic rings. The fourth-order valence-electron chi connectivity index (χ4n) is 5.88. The summed E-state index contributed by atoms with van der Waals surface area (Å²) in [7, 11) is 1.72. The van der Waals surface area contributed by atoms with Crippen molar-refractivity contribution in [3.63, 3.8) is 0 Å². The third kappa shape index (κ3) is 3.57. The first kappa shape index (κ1) is 17.7. The van der Waals surface area contributed by atoms with Crippen LogP contribution in [0.2, 0.25) is 0 Å². The zero-order valence-electron chi connectivity index (χ0n) is 15.4. The molecule has 4 heteroatoms. The van der Waals surface area contributed by atoms with Crippen molar-refractivity contribution in [2.24, 2.45) is 17.8 Å². The molecule has 3 nitrogen and oxygen atoms in total. The van der Waals surface area contributed by atoms with Crippen molar-refractivity contribution in [3.05, 3.63) is 22.2 Å². The molecule has 4 saturated carbocycles.